The summed E-state index contributed by atoms with van der Waals surface area (Å²) in [5.41, 5.74) is 2.90. The summed E-state index contributed by atoms with van der Waals surface area (Å²) < 4.78 is 26.9. The van der Waals surface area contributed by atoms with Crippen molar-refractivity contribution < 1.29 is 18.0 Å². The normalized spacial score (nSPS) is 12.4. The highest BCUT2D eigenvalue weighted by Gasteiger charge is 2.33. The minimum absolute atomic E-state index is 0.0780. The summed E-state index contributed by atoms with van der Waals surface area (Å²) in [5, 5.41) is 3.34. The summed E-state index contributed by atoms with van der Waals surface area (Å²) in [7, 11) is -3.83. The molecule has 3 rings (SSSR count). The number of nitrogens with one attached hydrogen (secondary N) is 1. The molecule has 40 heavy (non-hydrogen) atoms. The van der Waals surface area contributed by atoms with Crippen LogP contribution in [0, 0.1) is 0 Å². The van der Waals surface area contributed by atoms with Gasteiger partial charge in [0.25, 0.3) is 0 Å². The fourth-order valence-corrected chi connectivity index (χ4v) is 5.48. The molecular weight excluding hydrogens is 546 g/mol. The average Bonchev–Trinajstić information content (AvgIpc) is 2.89. The topological polar surface area (TPSA) is 86.8 Å². The van der Waals surface area contributed by atoms with Crippen molar-refractivity contribution in [1.29, 1.82) is 0 Å². The molecule has 0 bridgehead atoms. The first kappa shape index (κ1) is 31.2. The van der Waals surface area contributed by atoms with Gasteiger partial charge in [-0.15, -0.1) is 0 Å². The number of hydrogen-bond acceptors (Lipinski definition) is 4. The third kappa shape index (κ3) is 8.57. The van der Waals surface area contributed by atoms with E-state index in [-0.39, 0.29) is 24.3 Å². The van der Waals surface area contributed by atoms with Crippen molar-refractivity contribution in [2.24, 2.45) is 0 Å². The van der Waals surface area contributed by atoms with Crippen LogP contribution in [-0.4, -0.2) is 50.5 Å². The van der Waals surface area contributed by atoms with Crippen molar-refractivity contribution in [2.75, 3.05) is 23.7 Å². The Hall–Kier alpha value is -3.36. The number of benzene rings is 3. The van der Waals surface area contributed by atoms with Crippen molar-refractivity contribution in [1.82, 2.24) is 10.2 Å². The molecule has 0 aliphatic heterocycles. The Kier molecular flexibility index (Phi) is 10.4. The summed E-state index contributed by atoms with van der Waals surface area (Å²) in [6.07, 6.45) is 1.34. The molecule has 0 aromatic heterocycles. The molecule has 214 valence electrons. The molecule has 0 saturated carbocycles. The van der Waals surface area contributed by atoms with Crippen LogP contribution in [0.2, 0.25) is 5.02 Å². The van der Waals surface area contributed by atoms with Crippen molar-refractivity contribution in [3.63, 3.8) is 0 Å². The lowest BCUT2D eigenvalue weighted by Crippen LogP contribution is -2.53. The van der Waals surface area contributed by atoms with E-state index in [2.05, 4.69) is 26.1 Å². The lowest BCUT2D eigenvalue weighted by molar-refractivity contribution is -0.140. The van der Waals surface area contributed by atoms with Gasteiger partial charge < -0.3 is 10.2 Å². The van der Waals surface area contributed by atoms with Crippen LogP contribution in [0.1, 0.15) is 44.4 Å². The highest BCUT2D eigenvalue weighted by Crippen LogP contribution is 2.26. The highest BCUT2D eigenvalue weighted by molar-refractivity contribution is 7.92. The second kappa shape index (κ2) is 13.3. The Bertz CT molecular complexity index is 1400. The molecule has 7 nitrogen and oxygen atoms in total. The molecular formula is C31H38ClN3O4S. The zero-order chi connectivity index (χ0) is 29.5. The van der Waals surface area contributed by atoms with Gasteiger partial charge in [-0.2, -0.15) is 0 Å². The largest absolute Gasteiger partial charge is 0.355 e. The maximum atomic E-state index is 14.0. The molecule has 3 aromatic carbocycles. The molecule has 0 heterocycles. The summed E-state index contributed by atoms with van der Waals surface area (Å²) in [6, 6.07) is 22.8. The Morgan fingerprint density at radius 2 is 1.55 bits per heavy atom. The van der Waals surface area contributed by atoms with Crippen molar-refractivity contribution in [2.45, 2.75) is 52.1 Å². The van der Waals surface area contributed by atoms with Crippen LogP contribution in [0.5, 0.6) is 0 Å². The van der Waals surface area contributed by atoms with E-state index in [1.807, 2.05) is 55.5 Å². The number of anilines is 1. The van der Waals surface area contributed by atoms with E-state index >= 15 is 0 Å². The van der Waals surface area contributed by atoms with Crippen LogP contribution in [0.15, 0.2) is 78.9 Å². The summed E-state index contributed by atoms with van der Waals surface area (Å²) in [5.74, 6) is -0.820. The van der Waals surface area contributed by atoms with Crippen LogP contribution in [0.3, 0.4) is 0 Å². The van der Waals surface area contributed by atoms with Gasteiger partial charge >= 0.3 is 0 Å². The van der Waals surface area contributed by atoms with Gasteiger partial charge in [0.05, 0.1) is 11.9 Å². The van der Waals surface area contributed by atoms with E-state index in [0.29, 0.717) is 17.3 Å². The van der Waals surface area contributed by atoms with Gasteiger partial charge in [-0.05, 0) is 53.3 Å². The number of carbonyl (C=O) groups is 2. The Morgan fingerprint density at radius 1 is 0.925 bits per heavy atom. The lowest BCUT2D eigenvalue weighted by atomic mass is 9.87. The average molecular weight is 584 g/mol. The molecule has 0 fully saturated rings. The zero-order valence-electron chi connectivity index (χ0n) is 23.7. The van der Waals surface area contributed by atoms with E-state index in [0.717, 1.165) is 27.3 Å². The molecule has 0 saturated heterocycles. The third-order valence-electron chi connectivity index (χ3n) is 6.56. The maximum absolute atomic E-state index is 14.0. The van der Waals surface area contributed by atoms with Gasteiger partial charge in [0.15, 0.2) is 0 Å². The van der Waals surface area contributed by atoms with Gasteiger partial charge in [0.2, 0.25) is 21.8 Å². The maximum Gasteiger partial charge on any atom is 0.244 e. The standard InChI is InChI=1S/C31H38ClN3O4S/c1-6-33-30(37)28(20-23-11-8-7-9-12-23)34(21-24-13-10-14-26(32)19-24)29(36)22-35(40(5,38)39)27-17-15-25(16-18-27)31(2,3)4/h7-19,28H,6,20-22H2,1-5H3,(H,33,37)/t28-/m0/s1. The van der Waals surface area contributed by atoms with Crippen LogP contribution < -0.4 is 9.62 Å². The SMILES string of the molecule is CCNC(=O)[C@H](Cc1ccccc1)N(Cc1cccc(Cl)c1)C(=O)CN(c1ccc(C(C)(C)C)cc1)S(C)(=O)=O. The van der Waals surface area contributed by atoms with Gasteiger partial charge in [-0.25, -0.2) is 8.42 Å². The van der Waals surface area contributed by atoms with Crippen LogP contribution in [0.4, 0.5) is 5.69 Å². The number of sulfonamides is 1. The van der Waals surface area contributed by atoms with Crippen molar-refractivity contribution in [3.05, 3.63) is 101 Å². The number of carbonyl (C=O) groups excluding carboxylic acids is 2. The molecule has 9 heteroatoms. The summed E-state index contributed by atoms with van der Waals surface area (Å²) in [6.45, 7) is 8.03. The fourth-order valence-electron chi connectivity index (χ4n) is 4.42. The molecule has 0 spiro atoms. The summed E-state index contributed by atoms with van der Waals surface area (Å²) in [4.78, 5) is 28.9. The first-order chi connectivity index (χ1) is 18.8. The number of halogens is 1. The molecule has 1 N–H and O–H groups in total. The van der Waals surface area contributed by atoms with E-state index in [1.54, 1.807) is 30.3 Å². The first-order valence-corrected chi connectivity index (χ1v) is 15.5. The number of hydrogen-bond donors (Lipinski definition) is 1. The second-order valence-corrected chi connectivity index (χ2v) is 13.2. The van der Waals surface area contributed by atoms with Gasteiger partial charge in [-0.1, -0.05) is 87.0 Å². The fraction of sp³-hybridized carbons (Fsp3) is 0.355. The highest BCUT2D eigenvalue weighted by atomic mass is 35.5. The van der Waals surface area contributed by atoms with Gasteiger partial charge in [0, 0.05) is 24.5 Å². The van der Waals surface area contributed by atoms with Crippen molar-refractivity contribution in [3.8, 4) is 0 Å². The van der Waals surface area contributed by atoms with Crippen LogP contribution in [-0.2, 0) is 38.0 Å². The van der Waals surface area contributed by atoms with Gasteiger partial charge in [-0.3, -0.25) is 13.9 Å². The van der Waals surface area contributed by atoms with Gasteiger partial charge in [0.1, 0.15) is 12.6 Å². The molecule has 0 radical (unpaired) electrons. The Morgan fingerprint density at radius 3 is 2.10 bits per heavy atom. The quantitative estimate of drug-likeness (QED) is 0.337. The predicted molar refractivity (Wildman–Crippen MR) is 162 cm³/mol. The second-order valence-electron chi connectivity index (χ2n) is 10.8. The lowest BCUT2D eigenvalue weighted by Gasteiger charge is -2.33. The van der Waals surface area contributed by atoms with Crippen molar-refractivity contribution >= 4 is 39.1 Å². The zero-order valence-corrected chi connectivity index (χ0v) is 25.3. The Balaban J connectivity index is 2.03. The number of amides is 2. The molecule has 0 aliphatic carbocycles. The molecule has 3 aromatic rings. The monoisotopic (exact) mass is 583 g/mol. The molecule has 1 atom stereocenters. The van der Waals surface area contributed by atoms with E-state index in [4.69, 9.17) is 11.6 Å². The third-order valence-corrected chi connectivity index (χ3v) is 7.94. The minimum atomic E-state index is -3.83. The van der Waals surface area contributed by atoms with E-state index in [1.165, 1.54) is 4.90 Å². The van der Waals surface area contributed by atoms with Crippen LogP contribution in [0.25, 0.3) is 0 Å². The summed E-state index contributed by atoms with van der Waals surface area (Å²) >= 11 is 6.23. The predicted octanol–water partition coefficient (Wildman–Crippen LogP) is 5.18. The number of nitrogens with zero attached hydrogens (tertiary/aromatic N) is 2. The smallest absolute Gasteiger partial charge is 0.244 e. The van der Waals surface area contributed by atoms with E-state index in [9.17, 15) is 18.0 Å². The van der Waals surface area contributed by atoms with E-state index < -0.39 is 28.5 Å². The first-order valence-electron chi connectivity index (χ1n) is 13.2. The molecule has 0 aliphatic rings. The Labute approximate surface area is 243 Å². The molecule has 0 unspecified atom stereocenters. The van der Waals surface area contributed by atoms with Crippen LogP contribution >= 0.6 is 11.6 Å². The number of likely N-dealkylation sites (N-methyl/N-ethyl adjacent to an activating group) is 1. The minimum Gasteiger partial charge on any atom is -0.355 e. The molecule has 2 amide bonds. The number of rotatable bonds is 11.